The summed E-state index contributed by atoms with van der Waals surface area (Å²) in [6, 6.07) is 1.93. The molecule has 0 fully saturated rings. The van der Waals surface area contributed by atoms with Gasteiger partial charge in [0.2, 0.25) is 0 Å². The predicted molar refractivity (Wildman–Crippen MR) is 123 cm³/mol. The van der Waals surface area contributed by atoms with E-state index in [1.807, 2.05) is 13.0 Å². The number of carbonyl (C=O) groups is 1. The van der Waals surface area contributed by atoms with Gasteiger partial charge in [-0.05, 0) is 74.9 Å². The van der Waals surface area contributed by atoms with E-state index >= 15 is 0 Å². The minimum absolute atomic E-state index is 0.0280. The SMILES string of the molecule is CC[C@@]1(OC)C(=O)OCc2c1cc1n(c2=O)Cc2c-1nc1c(C)c(C)c(C)c(C)c1c2C. The van der Waals surface area contributed by atoms with Crippen molar-refractivity contribution in [2.24, 2.45) is 0 Å². The standard InChI is InChI=1S/C26H28N2O4/c1-8-26(31-7)19-9-20-23-17(10-28(20)24(29)18(19)11-32-25(26)30)16(6)21-14(4)12(2)13(3)15(5)22(21)27-23/h9H,8,10-11H2,1-7H3/t26-/m0/s1. The molecule has 0 saturated heterocycles. The number of cyclic esters (lactones) is 1. The number of aromatic nitrogens is 2. The number of esters is 1. The van der Waals surface area contributed by atoms with Gasteiger partial charge < -0.3 is 14.0 Å². The number of benzene rings is 1. The number of hydrogen-bond acceptors (Lipinski definition) is 5. The Labute approximate surface area is 187 Å². The highest BCUT2D eigenvalue weighted by Crippen LogP contribution is 2.42. The minimum atomic E-state index is -1.27. The Morgan fingerprint density at radius 2 is 1.72 bits per heavy atom. The second-order valence-electron chi connectivity index (χ2n) is 9.06. The summed E-state index contributed by atoms with van der Waals surface area (Å²) in [6.07, 6.45) is 0.381. The second kappa shape index (κ2) is 6.75. The summed E-state index contributed by atoms with van der Waals surface area (Å²) in [6.45, 7) is 13.0. The first-order valence-corrected chi connectivity index (χ1v) is 11.1. The molecular formula is C26H28N2O4. The van der Waals surface area contributed by atoms with Crippen molar-refractivity contribution in [3.63, 3.8) is 0 Å². The third kappa shape index (κ3) is 2.36. The molecule has 32 heavy (non-hydrogen) atoms. The molecule has 0 amide bonds. The average Bonchev–Trinajstić information content (AvgIpc) is 3.16. The summed E-state index contributed by atoms with van der Waals surface area (Å²) in [5, 5.41) is 1.17. The number of fused-ring (bicyclic) bond motifs is 5. The van der Waals surface area contributed by atoms with E-state index in [1.54, 1.807) is 4.57 Å². The van der Waals surface area contributed by atoms with E-state index in [0.29, 0.717) is 24.1 Å². The van der Waals surface area contributed by atoms with Crippen LogP contribution in [-0.2, 0) is 33.0 Å². The number of nitrogens with zero attached hydrogens (tertiary/aromatic N) is 2. The highest BCUT2D eigenvalue weighted by molar-refractivity contribution is 5.94. The quantitative estimate of drug-likeness (QED) is 0.442. The summed E-state index contributed by atoms with van der Waals surface area (Å²) >= 11 is 0. The van der Waals surface area contributed by atoms with Gasteiger partial charge in [-0.3, -0.25) is 4.79 Å². The van der Waals surface area contributed by atoms with Crippen LogP contribution in [-0.4, -0.2) is 22.6 Å². The van der Waals surface area contributed by atoms with Crippen molar-refractivity contribution in [1.29, 1.82) is 0 Å². The van der Waals surface area contributed by atoms with Crippen molar-refractivity contribution in [2.75, 3.05) is 7.11 Å². The molecule has 0 saturated carbocycles. The van der Waals surface area contributed by atoms with Crippen LogP contribution in [0.1, 0.15) is 57.9 Å². The first-order chi connectivity index (χ1) is 15.2. The lowest BCUT2D eigenvalue weighted by molar-refractivity contribution is -0.176. The molecule has 4 heterocycles. The Morgan fingerprint density at radius 1 is 1.03 bits per heavy atom. The topological polar surface area (TPSA) is 70.4 Å². The molecule has 0 bridgehead atoms. The van der Waals surface area contributed by atoms with Crippen molar-refractivity contribution in [3.8, 4) is 11.4 Å². The molecule has 2 aliphatic rings. The van der Waals surface area contributed by atoms with Crippen molar-refractivity contribution in [3.05, 3.63) is 60.9 Å². The van der Waals surface area contributed by atoms with E-state index in [2.05, 4.69) is 34.6 Å². The van der Waals surface area contributed by atoms with E-state index in [4.69, 9.17) is 14.5 Å². The molecule has 1 aromatic carbocycles. The van der Waals surface area contributed by atoms with Crippen LogP contribution in [0.15, 0.2) is 10.9 Å². The molecule has 1 atom stereocenters. The molecule has 2 aliphatic heterocycles. The fraction of sp³-hybridized carbons (Fsp3) is 0.423. The highest BCUT2D eigenvalue weighted by atomic mass is 16.6. The third-order valence-corrected chi connectivity index (χ3v) is 7.91. The number of ether oxygens (including phenoxy) is 2. The van der Waals surface area contributed by atoms with Crippen LogP contribution in [0.4, 0.5) is 0 Å². The minimum Gasteiger partial charge on any atom is -0.458 e. The summed E-state index contributed by atoms with van der Waals surface area (Å²) < 4.78 is 12.8. The average molecular weight is 433 g/mol. The number of carbonyl (C=O) groups excluding carboxylic acids is 1. The van der Waals surface area contributed by atoms with Gasteiger partial charge in [-0.1, -0.05) is 6.92 Å². The summed E-state index contributed by atoms with van der Waals surface area (Å²) in [4.78, 5) is 31.4. The second-order valence-corrected chi connectivity index (χ2v) is 9.06. The zero-order chi connectivity index (χ0) is 23.1. The predicted octanol–water partition coefficient (Wildman–Crippen LogP) is 4.28. The van der Waals surface area contributed by atoms with E-state index < -0.39 is 11.6 Å². The van der Waals surface area contributed by atoms with Crippen LogP contribution < -0.4 is 5.56 Å². The third-order valence-electron chi connectivity index (χ3n) is 7.91. The van der Waals surface area contributed by atoms with Gasteiger partial charge in [-0.15, -0.1) is 0 Å². The summed E-state index contributed by atoms with van der Waals surface area (Å²) in [7, 11) is 1.49. The van der Waals surface area contributed by atoms with Gasteiger partial charge in [-0.25, -0.2) is 9.78 Å². The maximum atomic E-state index is 13.5. The van der Waals surface area contributed by atoms with Crippen LogP contribution in [0.25, 0.3) is 22.3 Å². The maximum absolute atomic E-state index is 13.5. The number of rotatable bonds is 2. The molecule has 2 aromatic heterocycles. The highest BCUT2D eigenvalue weighted by Gasteiger charge is 2.47. The monoisotopic (exact) mass is 432 g/mol. The fourth-order valence-corrected chi connectivity index (χ4v) is 5.54. The molecule has 166 valence electrons. The van der Waals surface area contributed by atoms with Crippen LogP contribution in [0.2, 0.25) is 0 Å². The zero-order valence-electron chi connectivity index (χ0n) is 19.7. The van der Waals surface area contributed by atoms with Crippen molar-refractivity contribution in [1.82, 2.24) is 9.55 Å². The number of methoxy groups -OCH3 is 1. The Balaban J connectivity index is 1.87. The molecule has 0 spiro atoms. The molecule has 5 rings (SSSR count). The van der Waals surface area contributed by atoms with Crippen LogP contribution in [0.3, 0.4) is 0 Å². The normalized spacial score (nSPS) is 19.0. The summed E-state index contributed by atoms with van der Waals surface area (Å²) in [5.74, 6) is -0.446. The van der Waals surface area contributed by atoms with E-state index in [9.17, 15) is 9.59 Å². The van der Waals surface area contributed by atoms with Gasteiger partial charge in [-0.2, -0.15) is 0 Å². The van der Waals surface area contributed by atoms with Gasteiger partial charge >= 0.3 is 5.97 Å². The lowest BCUT2D eigenvalue weighted by Crippen LogP contribution is -2.45. The smallest absolute Gasteiger partial charge is 0.343 e. The lowest BCUT2D eigenvalue weighted by atomic mass is 9.85. The van der Waals surface area contributed by atoms with Crippen LogP contribution in [0.5, 0.6) is 0 Å². The lowest BCUT2D eigenvalue weighted by Gasteiger charge is -2.35. The van der Waals surface area contributed by atoms with Crippen molar-refractivity contribution >= 4 is 16.9 Å². The Kier molecular flexibility index (Phi) is 4.41. The van der Waals surface area contributed by atoms with Gasteiger partial charge in [0.25, 0.3) is 5.56 Å². The molecule has 0 aliphatic carbocycles. The molecule has 0 N–H and O–H groups in total. The Bertz CT molecular complexity index is 1410. The van der Waals surface area contributed by atoms with Gasteiger partial charge in [0.1, 0.15) is 6.61 Å². The fourth-order valence-electron chi connectivity index (χ4n) is 5.54. The van der Waals surface area contributed by atoms with Crippen LogP contribution >= 0.6 is 0 Å². The van der Waals surface area contributed by atoms with E-state index in [-0.39, 0.29) is 12.2 Å². The number of aryl methyl sites for hydroxylation is 3. The largest absolute Gasteiger partial charge is 0.458 e. The molecule has 0 radical (unpaired) electrons. The van der Waals surface area contributed by atoms with Gasteiger partial charge in [0.15, 0.2) is 5.60 Å². The molecule has 0 unspecified atom stereocenters. The van der Waals surface area contributed by atoms with Gasteiger partial charge in [0, 0.05) is 23.6 Å². The first-order valence-electron chi connectivity index (χ1n) is 11.1. The molecule has 6 nitrogen and oxygen atoms in total. The van der Waals surface area contributed by atoms with E-state index in [1.165, 1.54) is 29.2 Å². The molecular weight excluding hydrogens is 404 g/mol. The van der Waals surface area contributed by atoms with Crippen LogP contribution in [0, 0.1) is 34.6 Å². The first kappa shape index (κ1) is 20.9. The Morgan fingerprint density at radius 3 is 2.38 bits per heavy atom. The zero-order valence-corrected chi connectivity index (χ0v) is 19.7. The summed E-state index contributed by atoms with van der Waals surface area (Å²) in [5.41, 5.74) is 9.40. The van der Waals surface area contributed by atoms with Gasteiger partial charge in [0.05, 0.1) is 29.0 Å². The molecule has 6 heteroatoms. The van der Waals surface area contributed by atoms with Crippen molar-refractivity contribution < 1.29 is 14.3 Å². The Hall–Kier alpha value is -2.99. The number of hydrogen-bond donors (Lipinski definition) is 0. The van der Waals surface area contributed by atoms with Crippen molar-refractivity contribution in [2.45, 2.75) is 66.7 Å². The number of pyridine rings is 2. The van der Waals surface area contributed by atoms with E-state index in [0.717, 1.165) is 33.6 Å². The maximum Gasteiger partial charge on any atom is 0.343 e. The molecule has 3 aromatic rings.